The van der Waals surface area contributed by atoms with Gasteiger partial charge in [0.15, 0.2) is 0 Å². The average molecular weight is 461 g/mol. The van der Waals surface area contributed by atoms with Gasteiger partial charge in [-0.3, -0.25) is 0 Å². The van der Waals surface area contributed by atoms with Gasteiger partial charge in [-0.1, -0.05) is 30.8 Å². The minimum atomic E-state index is -1.23. The molecule has 0 saturated carbocycles. The molecule has 0 bridgehead atoms. The van der Waals surface area contributed by atoms with Gasteiger partial charge in [-0.25, -0.2) is 4.79 Å². The van der Waals surface area contributed by atoms with Crippen LogP contribution < -0.4 is 9.64 Å². The van der Waals surface area contributed by atoms with Crippen molar-refractivity contribution in [2.45, 2.75) is 21.6 Å². The summed E-state index contributed by atoms with van der Waals surface area (Å²) in [5.41, 5.74) is 3.54. The summed E-state index contributed by atoms with van der Waals surface area (Å²) >= 11 is 3.26. The van der Waals surface area contributed by atoms with Gasteiger partial charge in [0.25, 0.3) is 0 Å². The van der Waals surface area contributed by atoms with E-state index in [0.29, 0.717) is 0 Å². The first kappa shape index (κ1) is 21.9. The molecule has 4 rings (SSSR count). The number of fused-ring (bicyclic) bond motifs is 2. The SMILES string of the molecule is CCSc1cc2c(cc1/C=C(\C#N)C(=O)O)Sc1ccccc1N2c1ccc(OC)cc1. The van der Waals surface area contributed by atoms with Crippen LogP contribution in [0, 0.1) is 11.3 Å². The van der Waals surface area contributed by atoms with Crippen LogP contribution in [0.5, 0.6) is 5.75 Å². The third-order valence-corrected chi connectivity index (χ3v) is 7.00. The number of anilines is 3. The molecule has 0 radical (unpaired) electrons. The minimum Gasteiger partial charge on any atom is -0.497 e. The van der Waals surface area contributed by atoms with Crippen LogP contribution in [0.3, 0.4) is 0 Å². The predicted octanol–water partition coefficient (Wildman–Crippen LogP) is 6.73. The molecule has 0 atom stereocenters. The smallest absolute Gasteiger partial charge is 0.346 e. The van der Waals surface area contributed by atoms with E-state index in [1.165, 1.54) is 6.08 Å². The quantitative estimate of drug-likeness (QED) is 0.194. The van der Waals surface area contributed by atoms with Gasteiger partial charge in [-0.2, -0.15) is 5.26 Å². The van der Waals surface area contributed by atoms with Crippen molar-refractivity contribution < 1.29 is 14.6 Å². The molecule has 3 aromatic rings. The lowest BCUT2D eigenvalue weighted by Gasteiger charge is -2.33. The van der Waals surface area contributed by atoms with Gasteiger partial charge < -0.3 is 14.7 Å². The summed E-state index contributed by atoms with van der Waals surface area (Å²) in [4.78, 5) is 16.7. The van der Waals surface area contributed by atoms with E-state index in [9.17, 15) is 15.2 Å². The first-order valence-electron chi connectivity index (χ1n) is 9.92. The lowest BCUT2D eigenvalue weighted by atomic mass is 10.1. The number of thioether (sulfide) groups is 1. The Morgan fingerprint density at radius 3 is 2.56 bits per heavy atom. The number of para-hydroxylation sites is 1. The number of ether oxygens (including phenoxy) is 1. The van der Waals surface area contributed by atoms with Crippen LogP contribution >= 0.6 is 23.5 Å². The molecular weight excluding hydrogens is 440 g/mol. The van der Waals surface area contributed by atoms with Crippen LogP contribution in [0.15, 0.2) is 80.9 Å². The molecule has 0 spiro atoms. The molecule has 1 aliphatic rings. The van der Waals surface area contributed by atoms with E-state index in [0.717, 1.165) is 48.8 Å². The number of nitriles is 1. The van der Waals surface area contributed by atoms with Gasteiger partial charge in [0.2, 0.25) is 0 Å². The fourth-order valence-corrected chi connectivity index (χ4v) is 5.38. The van der Waals surface area contributed by atoms with Gasteiger partial charge in [-0.05, 0) is 65.9 Å². The maximum atomic E-state index is 11.4. The summed E-state index contributed by atoms with van der Waals surface area (Å²) in [5.74, 6) is 0.380. The van der Waals surface area contributed by atoms with Crippen molar-refractivity contribution in [1.82, 2.24) is 0 Å². The van der Waals surface area contributed by atoms with Gasteiger partial charge in [0.05, 0.1) is 18.5 Å². The highest BCUT2D eigenvalue weighted by Crippen LogP contribution is 2.53. The molecule has 1 aliphatic heterocycles. The van der Waals surface area contributed by atoms with Gasteiger partial charge in [0.1, 0.15) is 17.4 Å². The van der Waals surface area contributed by atoms with Gasteiger partial charge in [-0.15, -0.1) is 11.8 Å². The Kier molecular flexibility index (Phi) is 6.45. The minimum absolute atomic E-state index is 0.281. The number of rotatable bonds is 6. The largest absolute Gasteiger partial charge is 0.497 e. The molecule has 0 amide bonds. The molecular formula is C25H20N2O3S2. The predicted molar refractivity (Wildman–Crippen MR) is 129 cm³/mol. The summed E-state index contributed by atoms with van der Waals surface area (Å²) in [6.45, 7) is 2.05. The van der Waals surface area contributed by atoms with Crippen LogP contribution in [-0.4, -0.2) is 23.9 Å². The highest BCUT2D eigenvalue weighted by atomic mass is 32.2. The average Bonchev–Trinajstić information content (AvgIpc) is 2.81. The summed E-state index contributed by atoms with van der Waals surface area (Å²) in [6.07, 6.45) is 1.46. The Morgan fingerprint density at radius 1 is 1.16 bits per heavy atom. The summed E-state index contributed by atoms with van der Waals surface area (Å²) in [7, 11) is 1.65. The summed E-state index contributed by atoms with van der Waals surface area (Å²) < 4.78 is 5.32. The van der Waals surface area contributed by atoms with Crippen molar-refractivity contribution in [1.29, 1.82) is 5.26 Å². The van der Waals surface area contributed by atoms with E-state index in [1.807, 2.05) is 49.4 Å². The van der Waals surface area contributed by atoms with Crippen molar-refractivity contribution in [3.63, 3.8) is 0 Å². The lowest BCUT2D eigenvalue weighted by molar-refractivity contribution is -0.132. The zero-order chi connectivity index (χ0) is 22.7. The Labute approximate surface area is 195 Å². The van der Waals surface area contributed by atoms with Crippen LogP contribution in [0.4, 0.5) is 17.1 Å². The number of methoxy groups -OCH3 is 1. The van der Waals surface area contributed by atoms with E-state index >= 15 is 0 Å². The van der Waals surface area contributed by atoms with Crippen molar-refractivity contribution in [3.05, 3.63) is 71.8 Å². The number of carboxylic acid groups (broad SMARTS) is 1. The van der Waals surface area contributed by atoms with E-state index in [1.54, 1.807) is 36.7 Å². The molecule has 3 aromatic carbocycles. The second kappa shape index (κ2) is 9.43. The zero-order valence-corrected chi connectivity index (χ0v) is 19.2. The molecule has 7 heteroatoms. The topological polar surface area (TPSA) is 73.6 Å². The first-order valence-corrected chi connectivity index (χ1v) is 11.7. The molecule has 1 heterocycles. The standard InChI is InChI=1S/C25H20N2O3S2/c1-3-31-23-14-21-24(13-16(23)12-17(15-26)25(28)29)32-22-7-5-4-6-20(22)27(21)18-8-10-19(30-2)11-9-18/h4-14H,3H2,1-2H3,(H,28,29)/b17-12+. The number of carbonyl (C=O) groups is 1. The van der Waals surface area contributed by atoms with E-state index < -0.39 is 5.97 Å². The lowest BCUT2D eigenvalue weighted by Crippen LogP contribution is -2.15. The highest BCUT2D eigenvalue weighted by Gasteiger charge is 2.26. The monoisotopic (exact) mass is 460 g/mol. The van der Waals surface area contributed by atoms with Crippen LogP contribution in [-0.2, 0) is 4.79 Å². The number of benzene rings is 3. The Hall–Kier alpha value is -3.34. The molecule has 160 valence electrons. The maximum Gasteiger partial charge on any atom is 0.346 e. The van der Waals surface area contributed by atoms with Crippen molar-refractivity contribution >= 4 is 52.6 Å². The fourth-order valence-electron chi connectivity index (χ4n) is 3.50. The zero-order valence-electron chi connectivity index (χ0n) is 17.5. The molecule has 0 unspecified atom stereocenters. The van der Waals surface area contributed by atoms with Crippen LogP contribution in [0.25, 0.3) is 6.08 Å². The van der Waals surface area contributed by atoms with E-state index in [2.05, 4.69) is 23.1 Å². The third kappa shape index (κ3) is 4.20. The fraction of sp³-hybridized carbons (Fsp3) is 0.120. The number of hydrogen-bond acceptors (Lipinski definition) is 6. The molecule has 0 aliphatic carbocycles. The summed E-state index contributed by atoms with van der Waals surface area (Å²) in [6, 6.07) is 21.9. The number of aliphatic carboxylic acids is 1. The Balaban J connectivity index is 1.92. The number of carboxylic acids is 1. The van der Waals surface area contributed by atoms with Crippen LogP contribution in [0.2, 0.25) is 0 Å². The van der Waals surface area contributed by atoms with E-state index in [4.69, 9.17) is 4.74 Å². The molecule has 32 heavy (non-hydrogen) atoms. The highest BCUT2D eigenvalue weighted by molar-refractivity contribution is 8.00. The first-order chi connectivity index (χ1) is 15.5. The number of hydrogen-bond donors (Lipinski definition) is 1. The third-order valence-electron chi connectivity index (χ3n) is 4.94. The van der Waals surface area contributed by atoms with Crippen molar-refractivity contribution in [2.24, 2.45) is 0 Å². The van der Waals surface area contributed by atoms with Gasteiger partial charge in [0, 0.05) is 20.4 Å². The van der Waals surface area contributed by atoms with Crippen molar-refractivity contribution in [3.8, 4) is 11.8 Å². The van der Waals surface area contributed by atoms with Crippen molar-refractivity contribution in [2.75, 3.05) is 17.8 Å². The molecule has 0 aromatic heterocycles. The molecule has 1 N–H and O–H groups in total. The maximum absolute atomic E-state index is 11.4. The summed E-state index contributed by atoms with van der Waals surface area (Å²) in [5, 5.41) is 18.6. The molecule has 0 saturated heterocycles. The van der Waals surface area contributed by atoms with E-state index in [-0.39, 0.29) is 5.57 Å². The Morgan fingerprint density at radius 2 is 1.91 bits per heavy atom. The Bertz CT molecular complexity index is 1250. The van der Waals surface area contributed by atoms with Gasteiger partial charge >= 0.3 is 5.97 Å². The number of nitrogens with zero attached hydrogens (tertiary/aromatic N) is 2. The second-order valence-corrected chi connectivity index (χ2v) is 9.26. The van der Waals surface area contributed by atoms with Crippen LogP contribution in [0.1, 0.15) is 12.5 Å². The molecule has 0 fully saturated rings. The normalized spacial score (nSPS) is 12.5. The molecule has 5 nitrogen and oxygen atoms in total. The second-order valence-electron chi connectivity index (χ2n) is 6.87.